The number of rotatable bonds is 7. The molecule has 0 bridgehead atoms. The van der Waals surface area contributed by atoms with Gasteiger partial charge in [0.25, 0.3) is 0 Å². The summed E-state index contributed by atoms with van der Waals surface area (Å²) in [7, 11) is 0. The molecule has 4 N–H and O–H groups in total. The van der Waals surface area contributed by atoms with Crippen LogP contribution in [0.5, 0.6) is 5.75 Å². The van der Waals surface area contributed by atoms with Gasteiger partial charge in [-0.25, -0.2) is 0 Å². The lowest BCUT2D eigenvalue weighted by molar-refractivity contribution is -0.137. The molecule has 0 heterocycles. The summed E-state index contributed by atoms with van der Waals surface area (Å²) in [5.74, 6) is 0.425. The summed E-state index contributed by atoms with van der Waals surface area (Å²) in [6.07, 6.45) is -3.19. The van der Waals surface area contributed by atoms with E-state index in [1.807, 2.05) is 6.92 Å². The molecule has 0 radical (unpaired) electrons. The minimum absolute atomic E-state index is 0.0533. The lowest BCUT2D eigenvalue weighted by Gasteiger charge is -2.18. The summed E-state index contributed by atoms with van der Waals surface area (Å²) in [4.78, 5) is 0. The van der Waals surface area contributed by atoms with Gasteiger partial charge in [-0.15, -0.1) is 0 Å². The van der Waals surface area contributed by atoms with Gasteiger partial charge in [-0.2, -0.15) is 13.2 Å². The van der Waals surface area contributed by atoms with Crippen LogP contribution in [0, 0.1) is 5.92 Å². The first-order chi connectivity index (χ1) is 9.42. The van der Waals surface area contributed by atoms with E-state index in [2.05, 4.69) is 0 Å². The van der Waals surface area contributed by atoms with Gasteiger partial charge in [0, 0.05) is 0 Å². The molecule has 0 saturated carbocycles. The quantitative estimate of drug-likeness (QED) is 0.811. The maximum atomic E-state index is 12.8. The molecule has 3 nitrogen and oxygen atoms in total. The molecule has 1 rings (SSSR count). The van der Waals surface area contributed by atoms with Crippen molar-refractivity contribution in [1.29, 1.82) is 0 Å². The second-order valence-electron chi connectivity index (χ2n) is 4.71. The maximum absolute atomic E-state index is 12.8. The van der Waals surface area contributed by atoms with E-state index in [1.165, 1.54) is 6.07 Å². The van der Waals surface area contributed by atoms with E-state index in [4.69, 9.17) is 16.2 Å². The summed E-state index contributed by atoms with van der Waals surface area (Å²) in [6, 6.07) is 3.54. The second kappa shape index (κ2) is 7.50. The fourth-order valence-electron chi connectivity index (χ4n) is 1.84. The molecular formula is C14H21F3N2O. The number of hydrogen-bond acceptors (Lipinski definition) is 3. The van der Waals surface area contributed by atoms with Gasteiger partial charge < -0.3 is 16.2 Å². The van der Waals surface area contributed by atoms with Crippen molar-refractivity contribution in [3.63, 3.8) is 0 Å². The van der Waals surface area contributed by atoms with E-state index in [-0.39, 0.29) is 5.92 Å². The van der Waals surface area contributed by atoms with Crippen molar-refractivity contribution in [1.82, 2.24) is 0 Å². The standard InChI is InChI=1S/C14H21F3N2O/c1-2-5-20-13-4-3-12(14(15,16)17)7-11(13)6-10(8-18)9-19/h3-4,7,10H,2,5-6,8-9,18-19H2,1H3. The van der Waals surface area contributed by atoms with Gasteiger partial charge in [0.2, 0.25) is 0 Å². The topological polar surface area (TPSA) is 61.3 Å². The smallest absolute Gasteiger partial charge is 0.416 e. The van der Waals surface area contributed by atoms with E-state index in [1.54, 1.807) is 0 Å². The van der Waals surface area contributed by atoms with E-state index in [0.717, 1.165) is 18.6 Å². The summed E-state index contributed by atoms with van der Waals surface area (Å²) in [6.45, 7) is 3.07. The number of halogens is 3. The van der Waals surface area contributed by atoms with Crippen LogP contribution in [0.3, 0.4) is 0 Å². The highest BCUT2D eigenvalue weighted by atomic mass is 19.4. The van der Waals surface area contributed by atoms with Crippen molar-refractivity contribution in [2.24, 2.45) is 17.4 Å². The molecule has 0 aliphatic carbocycles. The Bertz CT molecular complexity index is 417. The Hall–Kier alpha value is -1.27. The van der Waals surface area contributed by atoms with Gasteiger partial charge in [0.1, 0.15) is 5.75 Å². The number of hydrogen-bond donors (Lipinski definition) is 2. The number of nitrogens with two attached hydrogens (primary N) is 2. The second-order valence-corrected chi connectivity index (χ2v) is 4.71. The van der Waals surface area contributed by atoms with Gasteiger partial charge in [-0.05, 0) is 55.6 Å². The predicted molar refractivity (Wildman–Crippen MR) is 72.5 cm³/mol. The van der Waals surface area contributed by atoms with Gasteiger partial charge in [0.15, 0.2) is 0 Å². The molecule has 20 heavy (non-hydrogen) atoms. The van der Waals surface area contributed by atoms with E-state index < -0.39 is 11.7 Å². The Labute approximate surface area is 117 Å². The molecule has 0 fully saturated rings. The highest BCUT2D eigenvalue weighted by molar-refractivity contribution is 5.38. The van der Waals surface area contributed by atoms with Crippen molar-refractivity contribution in [2.45, 2.75) is 25.9 Å². The van der Waals surface area contributed by atoms with E-state index in [0.29, 0.717) is 37.4 Å². The van der Waals surface area contributed by atoms with Gasteiger partial charge in [-0.3, -0.25) is 0 Å². The first-order valence-corrected chi connectivity index (χ1v) is 6.65. The number of ether oxygens (including phenoxy) is 1. The number of alkyl halides is 3. The van der Waals surface area contributed by atoms with Crippen LogP contribution >= 0.6 is 0 Å². The van der Waals surface area contributed by atoms with Crippen LogP contribution in [0.2, 0.25) is 0 Å². The lowest BCUT2D eigenvalue weighted by Crippen LogP contribution is -2.25. The fourth-order valence-corrected chi connectivity index (χ4v) is 1.84. The van der Waals surface area contributed by atoms with Crippen LogP contribution in [-0.4, -0.2) is 19.7 Å². The van der Waals surface area contributed by atoms with Crippen molar-refractivity contribution >= 4 is 0 Å². The van der Waals surface area contributed by atoms with Crippen LogP contribution in [0.1, 0.15) is 24.5 Å². The molecule has 6 heteroatoms. The Morgan fingerprint density at radius 2 is 1.85 bits per heavy atom. The normalized spacial score (nSPS) is 11.9. The molecular weight excluding hydrogens is 269 g/mol. The Kier molecular flexibility index (Phi) is 6.29. The van der Waals surface area contributed by atoms with Crippen LogP contribution in [0.4, 0.5) is 13.2 Å². The first kappa shape index (κ1) is 16.8. The van der Waals surface area contributed by atoms with Gasteiger partial charge in [-0.1, -0.05) is 6.92 Å². The maximum Gasteiger partial charge on any atom is 0.416 e. The molecule has 0 amide bonds. The summed E-state index contributed by atoms with van der Waals surface area (Å²) >= 11 is 0. The highest BCUT2D eigenvalue weighted by Gasteiger charge is 2.31. The molecule has 0 spiro atoms. The minimum Gasteiger partial charge on any atom is -0.493 e. The summed E-state index contributed by atoms with van der Waals surface area (Å²) in [5, 5.41) is 0. The summed E-state index contributed by atoms with van der Waals surface area (Å²) in [5.41, 5.74) is 11.0. The molecule has 0 aromatic heterocycles. The molecule has 114 valence electrons. The third-order valence-electron chi connectivity index (χ3n) is 3.02. The van der Waals surface area contributed by atoms with Crippen LogP contribution in [0.25, 0.3) is 0 Å². The highest BCUT2D eigenvalue weighted by Crippen LogP contribution is 2.33. The van der Waals surface area contributed by atoms with Crippen molar-refractivity contribution in [2.75, 3.05) is 19.7 Å². The van der Waals surface area contributed by atoms with Gasteiger partial charge >= 0.3 is 6.18 Å². The molecule has 0 saturated heterocycles. The van der Waals surface area contributed by atoms with Crippen molar-refractivity contribution in [3.05, 3.63) is 29.3 Å². The van der Waals surface area contributed by atoms with E-state index in [9.17, 15) is 13.2 Å². The first-order valence-electron chi connectivity index (χ1n) is 6.65. The van der Waals surface area contributed by atoms with Crippen LogP contribution in [-0.2, 0) is 12.6 Å². The molecule has 1 aromatic rings. The monoisotopic (exact) mass is 290 g/mol. The third kappa shape index (κ3) is 4.68. The van der Waals surface area contributed by atoms with Crippen molar-refractivity contribution < 1.29 is 17.9 Å². The molecule has 0 atom stereocenters. The predicted octanol–water partition coefficient (Wildman–Crippen LogP) is 2.57. The minimum atomic E-state index is -4.36. The van der Waals surface area contributed by atoms with Gasteiger partial charge in [0.05, 0.1) is 12.2 Å². The zero-order chi connectivity index (χ0) is 15.2. The molecule has 1 aromatic carbocycles. The van der Waals surface area contributed by atoms with E-state index >= 15 is 0 Å². The molecule has 0 aliphatic heterocycles. The molecule has 0 unspecified atom stereocenters. The third-order valence-corrected chi connectivity index (χ3v) is 3.02. The summed E-state index contributed by atoms with van der Waals surface area (Å²) < 4.78 is 43.8. The Balaban J connectivity index is 3.05. The number of benzene rings is 1. The lowest BCUT2D eigenvalue weighted by atomic mass is 9.97. The average Bonchev–Trinajstić information content (AvgIpc) is 2.41. The largest absolute Gasteiger partial charge is 0.493 e. The van der Waals surface area contributed by atoms with Crippen LogP contribution < -0.4 is 16.2 Å². The fraction of sp³-hybridized carbons (Fsp3) is 0.571. The zero-order valence-electron chi connectivity index (χ0n) is 11.5. The SMILES string of the molecule is CCCOc1ccc(C(F)(F)F)cc1CC(CN)CN. The Morgan fingerprint density at radius 1 is 1.20 bits per heavy atom. The average molecular weight is 290 g/mol. The van der Waals surface area contributed by atoms with Crippen LogP contribution in [0.15, 0.2) is 18.2 Å². The molecule has 0 aliphatic rings. The zero-order valence-corrected chi connectivity index (χ0v) is 11.5. The Morgan fingerprint density at radius 3 is 2.35 bits per heavy atom. The van der Waals surface area contributed by atoms with Crippen molar-refractivity contribution in [3.8, 4) is 5.75 Å².